The topological polar surface area (TPSA) is 94.8 Å². The number of aryl methyl sites for hydroxylation is 1. The molecule has 0 aliphatic rings. The third-order valence-corrected chi connectivity index (χ3v) is 4.30. The Balaban J connectivity index is 2.00. The van der Waals surface area contributed by atoms with Crippen molar-refractivity contribution in [1.82, 2.24) is 0 Å². The zero-order chi connectivity index (χ0) is 20.3. The second-order valence-electron chi connectivity index (χ2n) is 6.19. The lowest BCUT2D eigenvalue weighted by Crippen LogP contribution is -2.12. The van der Waals surface area contributed by atoms with E-state index in [-0.39, 0.29) is 17.7 Å². The lowest BCUT2D eigenvalue weighted by atomic mass is 10.1. The number of carbonyl (C=O) groups is 2. The van der Waals surface area contributed by atoms with Crippen LogP contribution in [0.15, 0.2) is 51.7 Å². The molecule has 7 heteroatoms. The maximum absolute atomic E-state index is 12.1. The van der Waals surface area contributed by atoms with Crippen LogP contribution in [-0.2, 0) is 16.0 Å². The fourth-order valence-corrected chi connectivity index (χ4v) is 2.90. The highest BCUT2D eigenvalue weighted by molar-refractivity contribution is 5.99. The first-order valence-electron chi connectivity index (χ1n) is 8.51. The summed E-state index contributed by atoms with van der Waals surface area (Å²) < 4.78 is 14.8. The van der Waals surface area contributed by atoms with Crippen LogP contribution in [0.3, 0.4) is 0 Å². The van der Waals surface area contributed by atoms with Crippen molar-refractivity contribution in [2.24, 2.45) is 0 Å². The maximum atomic E-state index is 12.1. The monoisotopic (exact) mass is 381 g/mol. The van der Waals surface area contributed by atoms with Crippen molar-refractivity contribution in [3.8, 4) is 0 Å². The highest BCUT2D eigenvalue weighted by Gasteiger charge is 2.16. The molecule has 1 heterocycles. The third kappa shape index (κ3) is 3.88. The first kappa shape index (κ1) is 19.2. The molecule has 1 N–H and O–H groups in total. The van der Waals surface area contributed by atoms with Gasteiger partial charge >= 0.3 is 17.6 Å². The van der Waals surface area contributed by atoms with Gasteiger partial charge in [0.2, 0.25) is 0 Å². The molecule has 0 fully saturated rings. The number of nitrogens with one attached hydrogen (secondary N) is 1. The van der Waals surface area contributed by atoms with Gasteiger partial charge in [0.15, 0.2) is 0 Å². The Morgan fingerprint density at radius 3 is 2.46 bits per heavy atom. The number of hydrogen-bond acceptors (Lipinski definition) is 7. The number of benzene rings is 2. The number of hydrogen-bond donors (Lipinski definition) is 1. The molecule has 144 valence electrons. The smallest absolute Gasteiger partial charge is 0.339 e. The molecule has 7 nitrogen and oxygen atoms in total. The normalized spacial score (nSPS) is 10.5. The molecule has 0 aliphatic carbocycles. The Labute approximate surface area is 160 Å². The molecule has 3 rings (SSSR count). The molecule has 0 saturated carbocycles. The summed E-state index contributed by atoms with van der Waals surface area (Å²) in [4.78, 5) is 35.8. The van der Waals surface area contributed by atoms with Crippen LogP contribution >= 0.6 is 0 Å². The molecule has 0 saturated heterocycles. The summed E-state index contributed by atoms with van der Waals surface area (Å²) in [6, 6.07) is 11.5. The van der Waals surface area contributed by atoms with Crippen molar-refractivity contribution in [2.75, 3.05) is 19.5 Å². The first-order chi connectivity index (χ1) is 13.4. The van der Waals surface area contributed by atoms with E-state index < -0.39 is 17.6 Å². The number of esters is 2. The fourth-order valence-electron chi connectivity index (χ4n) is 2.90. The largest absolute Gasteiger partial charge is 0.465 e. The summed E-state index contributed by atoms with van der Waals surface area (Å²) in [6.45, 7) is 2.14. The number of methoxy groups -OCH3 is 2. The van der Waals surface area contributed by atoms with Crippen LogP contribution in [0.2, 0.25) is 0 Å². The van der Waals surface area contributed by atoms with E-state index in [0.29, 0.717) is 16.8 Å². The Bertz CT molecular complexity index is 1120. The van der Waals surface area contributed by atoms with Gasteiger partial charge in [-0.15, -0.1) is 0 Å². The van der Waals surface area contributed by atoms with Crippen molar-refractivity contribution in [1.29, 1.82) is 0 Å². The van der Waals surface area contributed by atoms with Crippen LogP contribution in [-0.4, -0.2) is 26.2 Å². The fraction of sp³-hybridized carbons (Fsp3) is 0.190. The van der Waals surface area contributed by atoms with Gasteiger partial charge in [0, 0.05) is 23.7 Å². The third-order valence-electron chi connectivity index (χ3n) is 4.30. The molecular weight excluding hydrogens is 362 g/mol. The average molecular weight is 381 g/mol. The Hall–Kier alpha value is -3.61. The molecule has 0 amide bonds. The molecule has 0 spiro atoms. The molecule has 0 unspecified atom stereocenters. The number of fused-ring (bicyclic) bond motifs is 1. The lowest BCUT2D eigenvalue weighted by molar-refractivity contribution is 0.0587. The van der Waals surface area contributed by atoms with E-state index in [1.807, 2.05) is 19.1 Å². The van der Waals surface area contributed by atoms with Crippen molar-refractivity contribution in [3.63, 3.8) is 0 Å². The summed E-state index contributed by atoms with van der Waals surface area (Å²) in [5.74, 6) is -1.08. The molecule has 0 aliphatic heterocycles. The van der Waals surface area contributed by atoms with E-state index in [0.717, 1.165) is 10.9 Å². The van der Waals surface area contributed by atoms with Crippen LogP contribution in [0.1, 0.15) is 31.8 Å². The number of rotatable bonds is 5. The van der Waals surface area contributed by atoms with Gasteiger partial charge in [-0.05, 0) is 42.3 Å². The standard InChI is InChI=1S/C21H19NO6/c1-12-4-6-15-14(10-19(23)28-18(15)8-12)11-22-17-9-13(20(24)26-2)5-7-16(17)21(25)27-3/h4-10,22H,11H2,1-3H3. The van der Waals surface area contributed by atoms with Gasteiger partial charge in [-0.25, -0.2) is 14.4 Å². The van der Waals surface area contributed by atoms with E-state index in [1.54, 1.807) is 6.07 Å². The maximum Gasteiger partial charge on any atom is 0.339 e. The Morgan fingerprint density at radius 2 is 1.75 bits per heavy atom. The number of carbonyl (C=O) groups excluding carboxylic acids is 2. The Kier molecular flexibility index (Phi) is 5.44. The van der Waals surface area contributed by atoms with Gasteiger partial charge in [0.25, 0.3) is 0 Å². The van der Waals surface area contributed by atoms with E-state index in [1.165, 1.54) is 38.5 Å². The van der Waals surface area contributed by atoms with Crippen molar-refractivity contribution >= 4 is 28.6 Å². The average Bonchev–Trinajstić information content (AvgIpc) is 2.70. The minimum Gasteiger partial charge on any atom is -0.465 e. The van der Waals surface area contributed by atoms with Crippen LogP contribution in [0.25, 0.3) is 11.0 Å². The van der Waals surface area contributed by atoms with Crippen LogP contribution in [0, 0.1) is 6.92 Å². The Morgan fingerprint density at radius 1 is 1.00 bits per heavy atom. The zero-order valence-electron chi connectivity index (χ0n) is 15.7. The van der Waals surface area contributed by atoms with Crippen molar-refractivity contribution in [2.45, 2.75) is 13.5 Å². The van der Waals surface area contributed by atoms with Gasteiger partial charge in [-0.3, -0.25) is 0 Å². The quantitative estimate of drug-likeness (QED) is 0.535. The summed E-state index contributed by atoms with van der Waals surface area (Å²) in [6.07, 6.45) is 0. The molecule has 0 atom stereocenters. The van der Waals surface area contributed by atoms with Crippen LogP contribution in [0.5, 0.6) is 0 Å². The second-order valence-corrected chi connectivity index (χ2v) is 6.19. The van der Waals surface area contributed by atoms with Crippen LogP contribution < -0.4 is 10.9 Å². The SMILES string of the molecule is COC(=O)c1ccc(C(=O)OC)c(NCc2cc(=O)oc3cc(C)ccc23)c1. The van der Waals surface area contributed by atoms with Crippen LogP contribution in [0.4, 0.5) is 5.69 Å². The summed E-state index contributed by atoms with van der Waals surface area (Å²) >= 11 is 0. The predicted molar refractivity (Wildman–Crippen MR) is 104 cm³/mol. The van der Waals surface area contributed by atoms with Gasteiger partial charge in [0.05, 0.1) is 25.3 Å². The number of ether oxygens (including phenoxy) is 2. The lowest BCUT2D eigenvalue weighted by Gasteiger charge is -2.13. The minimum absolute atomic E-state index is 0.236. The molecule has 3 aromatic rings. The second kappa shape index (κ2) is 7.96. The molecule has 2 aromatic carbocycles. The van der Waals surface area contributed by atoms with E-state index in [4.69, 9.17) is 13.9 Å². The van der Waals surface area contributed by atoms with E-state index in [2.05, 4.69) is 5.32 Å². The molecular formula is C21H19NO6. The van der Waals surface area contributed by atoms with Gasteiger partial charge in [0.1, 0.15) is 5.58 Å². The molecule has 28 heavy (non-hydrogen) atoms. The number of anilines is 1. The summed E-state index contributed by atoms with van der Waals surface area (Å²) in [7, 11) is 2.56. The van der Waals surface area contributed by atoms with Gasteiger partial charge in [-0.1, -0.05) is 12.1 Å². The summed E-state index contributed by atoms with van der Waals surface area (Å²) in [5, 5.41) is 3.89. The van der Waals surface area contributed by atoms with Gasteiger partial charge < -0.3 is 19.2 Å². The molecule has 1 aromatic heterocycles. The minimum atomic E-state index is -0.549. The van der Waals surface area contributed by atoms with Gasteiger partial charge in [-0.2, -0.15) is 0 Å². The van der Waals surface area contributed by atoms with E-state index in [9.17, 15) is 14.4 Å². The van der Waals surface area contributed by atoms with Crippen molar-refractivity contribution < 1.29 is 23.5 Å². The predicted octanol–water partition coefficient (Wildman–Crippen LogP) is 3.29. The molecule has 0 radical (unpaired) electrons. The highest BCUT2D eigenvalue weighted by Crippen LogP contribution is 2.23. The summed E-state index contributed by atoms with van der Waals surface area (Å²) in [5.41, 5.74) is 2.63. The first-order valence-corrected chi connectivity index (χ1v) is 8.51. The van der Waals surface area contributed by atoms with Crippen molar-refractivity contribution in [3.05, 3.63) is 75.1 Å². The van der Waals surface area contributed by atoms with E-state index >= 15 is 0 Å². The molecule has 0 bridgehead atoms. The highest BCUT2D eigenvalue weighted by atomic mass is 16.5. The zero-order valence-corrected chi connectivity index (χ0v) is 15.7.